The molecule has 2 nitrogen and oxygen atoms in total. The zero-order valence-electron chi connectivity index (χ0n) is 13.0. The molecule has 19 heavy (non-hydrogen) atoms. The van der Waals surface area contributed by atoms with Gasteiger partial charge in [-0.2, -0.15) is 0 Å². The van der Waals surface area contributed by atoms with Gasteiger partial charge in [0, 0.05) is 26.2 Å². The van der Waals surface area contributed by atoms with Crippen molar-refractivity contribution in [2.24, 2.45) is 11.3 Å². The zero-order chi connectivity index (χ0) is 14.1. The number of nitrogens with zero attached hydrogens (tertiary/aromatic N) is 1. The predicted molar refractivity (Wildman–Crippen MR) is 85.4 cm³/mol. The first-order valence-electron chi connectivity index (χ1n) is 7.80. The van der Waals surface area contributed by atoms with Crippen molar-refractivity contribution in [2.45, 2.75) is 39.5 Å². The van der Waals surface area contributed by atoms with E-state index in [0.29, 0.717) is 5.41 Å². The fourth-order valence-corrected chi connectivity index (χ4v) is 3.20. The second-order valence-electron chi connectivity index (χ2n) is 6.23. The van der Waals surface area contributed by atoms with Gasteiger partial charge in [0.2, 0.25) is 0 Å². The number of rotatable bonds is 9. The van der Waals surface area contributed by atoms with Crippen molar-refractivity contribution in [3.8, 4) is 0 Å². The molecule has 1 aliphatic rings. The Kier molecular flexibility index (Phi) is 7.40. The topological polar surface area (TPSA) is 15.3 Å². The third-order valence-electron chi connectivity index (χ3n) is 4.42. The van der Waals surface area contributed by atoms with E-state index in [9.17, 15) is 0 Å². The minimum Gasteiger partial charge on any atom is -0.316 e. The molecule has 1 saturated carbocycles. The molecule has 0 aromatic rings. The summed E-state index contributed by atoms with van der Waals surface area (Å²) in [4.78, 5) is 2.48. The Morgan fingerprint density at radius 1 is 1.21 bits per heavy atom. The Labute approximate surface area is 120 Å². The van der Waals surface area contributed by atoms with Crippen LogP contribution >= 0.6 is 0 Å². The van der Waals surface area contributed by atoms with Crippen LogP contribution in [0.3, 0.4) is 0 Å². The Morgan fingerprint density at radius 2 is 1.79 bits per heavy atom. The van der Waals surface area contributed by atoms with Gasteiger partial charge in [0.1, 0.15) is 0 Å². The molecule has 1 N–H and O–H groups in total. The number of nitrogens with one attached hydrogen (secondary N) is 1. The van der Waals surface area contributed by atoms with E-state index in [1.165, 1.54) is 32.2 Å². The highest BCUT2D eigenvalue weighted by molar-refractivity contribution is 4.92. The molecule has 1 aliphatic carbocycles. The summed E-state index contributed by atoms with van der Waals surface area (Å²) in [7, 11) is 0. The largest absolute Gasteiger partial charge is 0.316 e. The van der Waals surface area contributed by atoms with E-state index in [2.05, 4.69) is 37.2 Å². The standard InChI is InChI=1S/C17H32N2/c1-5-12-19(13-6-2)15-17(14-18-7-3)10-8-16(4)9-11-17/h5-6,16,18H,1-2,7-15H2,3-4H3. The molecule has 0 atom stereocenters. The van der Waals surface area contributed by atoms with Crippen molar-refractivity contribution in [3.63, 3.8) is 0 Å². The lowest BCUT2D eigenvalue weighted by molar-refractivity contribution is 0.0981. The van der Waals surface area contributed by atoms with E-state index < -0.39 is 0 Å². The van der Waals surface area contributed by atoms with Crippen molar-refractivity contribution in [2.75, 3.05) is 32.7 Å². The van der Waals surface area contributed by atoms with Gasteiger partial charge in [-0.1, -0.05) is 38.8 Å². The monoisotopic (exact) mass is 264 g/mol. The SMILES string of the molecule is C=CCN(CC=C)CC1(CNCC)CCC(C)CC1. The minimum atomic E-state index is 0.453. The van der Waals surface area contributed by atoms with Gasteiger partial charge in [-0.05, 0) is 30.7 Å². The van der Waals surface area contributed by atoms with Crippen molar-refractivity contribution in [1.29, 1.82) is 0 Å². The van der Waals surface area contributed by atoms with E-state index in [4.69, 9.17) is 0 Å². The molecule has 2 heteroatoms. The average molecular weight is 264 g/mol. The molecule has 0 bridgehead atoms. The highest BCUT2D eigenvalue weighted by Crippen LogP contribution is 2.39. The van der Waals surface area contributed by atoms with E-state index >= 15 is 0 Å². The molecule has 1 rings (SSSR count). The first-order valence-corrected chi connectivity index (χ1v) is 7.80. The van der Waals surface area contributed by atoms with Crippen LogP contribution in [0.5, 0.6) is 0 Å². The van der Waals surface area contributed by atoms with Crippen LogP contribution in [-0.4, -0.2) is 37.6 Å². The van der Waals surface area contributed by atoms with Gasteiger partial charge in [-0.3, -0.25) is 4.90 Å². The van der Waals surface area contributed by atoms with Crippen LogP contribution in [0.4, 0.5) is 0 Å². The van der Waals surface area contributed by atoms with Crippen LogP contribution in [0.25, 0.3) is 0 Å². The molecule has 0 aromatic carbocycles. The molecular formula is C17H32N2. The average Bonchev–Trinajstić information content (AvgIpc) is 2.40. The lowest BCUT2D eigenvalue weighted by atomic mass is 9.70. The fraction of sp³-hybridized carbons (Fsp3) is 0.765. The summed E-state index contributed by atoms with van der Waals surface area (Å²) in [6.07, 6.45) is 9.48. The summed E-state index contributed by atoms with van der Waals surface area (Å²) in [6, 6.07) is 0. The van der Waals surface area contributed by atoms with Gasteiger partial charge >= 0.3 is 0 Å². The van der Waals surface area contributed by atoms with Gasteiger partial charge in [0.15, 0.2) is 0 Å². The van der Waals surface area contributed by atoms with Crippen LogP contribution < -0.4 is 5.32 Å². The van der Waals surface area contributed by atoms with E-state index in [0.717, 1.165) is 32.1 Å². The quantitative estimate of drug-likeness (QED) is 0.642. The maximum atomic E-state index is 3.88. The van der Waals surface area contributed by atoms with Gasteiger partial charge in [0.05, 0.1) is 0 Å². The first-order chi connectivity index (χ1) is 9.15. The molecule has 1 fully saturated rings. The Balaban J connectivity index is 2.66. The molecule has 0 aliphatic heterocycles. The molecule has 0 aromatic heterocycles. The first kappa shape index (κ1) is 16.5. The second kappa shape index (κ2) is 8.55. The maximum Gasteiger partial charge on any atom is 0.0164 e. The van der Waals surface area contributed by atoms with E-state index in [1.807, 2.05) is 12.2 Å². The molecule has 0 unspecified atom stereocenters. The maximum absolute atomic E-state index is 3.88. The van der Waals surface area contributed by atoms with Crippen LogP contribution in [0.2, 0.25) is 0 Å². The van der Waals surface area contributed by atoms with Crippen LogP contribution in [0.1, 0.15) is 39.5 Å². The normalized spacial score (nSPS) is 27.4. The highest BCUT2D eigenvalue weighted by atomic mass is 15.1. The molecule has 0 heterocycles. The van der Waals surface area contributed by atoms with Gasteiger partial charge in [0.25, 0.3) is 0 Å². The molecule has 0 spiro atoms. The minimum absolute atomic E-state index is 0.453. The fourth-order valence-electron chi connectivity index (χ4n) is 3.20. The van der Waals surface area contributed by atoms with Crippen molar-refractivity contribution in [3.05, 3.63) is 25.3 Å². The summed E-state index contributed by atoms with van der Waals surface area (Å²) >= 11 is 0. The molecule has 0 amide bonds. The van der Waals surface area contributed by atoms with Gasteiger partial charge < -0.3 is 5.32 Å². The van der Waals surface area contributed by atoms with Crippen LogP contribution in [0.15, 0.2) is 25.3 Å². The summed E-state index contributed by atoms with van der Waals surface area (Å²) in [5.74, 6) is 0.905. The second-order valence-corrected chi connectivity index (χ2v) is 6.23. The lowest BCUT2D eigenvalue weighted by Gasteiger charge is -2.42. The summed E-state index contributed by atoms with van der Waals surface area (Å²) in [5.41, 5.74) is 0.453. The third kappa shape index (κ3) is 5.50. The molecule has 0 radical (unpaired) electrons. The van der Waals surface area contributed by atoms with Crippen molar-refractivity contribution in [1.82, 2.24) is 10.2 Å². The van der Waals surface area contributed by atoms with Crippen molar-refractivity contribution < 1.29 is 0 Å². The summed E-state index contributed by atoms with van der Waals surface area (Å²) in [6.45, 7) is 17.7. The number of hydrogen-bond donors (Lipinski definition) is 1. The van der Waals surface area contributed by atoms with Crippen LogP contribution in [0, 0.1) is 11.3 Å². The highest BCUT2D eigenvalue weighted by Gasteiger charge is 2.34. The molecular weight excluding hydrogens is 232 g/mol. The smallest absolute Gasteiger partial charge is 0.0164 e. The lowest BCUT2D eigenvalue weighted by Crippen LogP contribution is -2.46. The summed E-state index contributed by atoms with van der Waals surface area (Å²) in [5, 5.41) is 3.58. The van der Waals surface area contributed by atoms with Gasteiger partial charge in [-0.25, -0.2) is 0 Å². The Bertz CT molecular complexity index is 249. The molecule has 110 valence electrons. The predicted octanol–water partition coefficient (Wildman–Crippen LogP) is 3.47. The van der Waals surface area contributed by atoms with E-state index in [1.54, 1.807) is 0 Å². The molecule has 0 saturated heterocycles. The Morgan fingerprint density at radius 3 is 2.26 bits per heavy atom. The zero-order valence-corrected chi connectivity index (χ0v) is 13.0. The Hall–Kier alpha value is -0.600. The third-order valence-corrected chi connectivity index (χ3v) is 4.42. The van der Waals surface area contributed by atoms with Gasteiger partial charge in [-0.15, -0.1) is 13.2 Å². The van der Waals surface area contributed by atoms with Crippen LogP contribution in [-0.2, 0) is 0 Å². The summed E-state index contributed by atoms with van der Waals surface area (Å²) < 4.78 is 0. The number of hydrogen-bond acceptors (Lipinski definition) is 2. The van der Waals surface area contributed by atoms with E-state index in [-0.39, 0.29) is 0 Å². The van der Waals surface area contributed by atoms with Crippen molar-refractivity contribution >= 4 is 0 Å².